The van der Waals surface area contributed by atoms with E-state index in [4.69, 9.17) is 20.4 Å². The number of benzene rings is 1. The molecule has 1 aliphatic heterocycles. The molecule has 0 saturated carbocycles. The maximum absolute atomic E-state index is 12.7. The minimum atomic E-state index is -3.55. The van der Waals surface area contributed by atoms with Gasteiger partial charge in [-0.3, -0.25) is 4.31 Å². The van der Waals surface area contributed by atoms with Gasteiger partial charge in [-0.05, 0) is 25.1 Å². The van der Waals surface area contributed by atoms with E-state index in [-0.39, 0.29) is 29.5 Å². The summed E-state index contributed by atoms with van der Waals surface area (Å²) in [4.78, 5) is 5.80. The highest BCUT2D eigenvalue weighted by Crippen LogP contribution is 2.32. The zero-order valence-corrected chi connectivity index (χ0v) is 17.1. The normalized spacial score (nSPS) is 14.9. The van der Waals surface area contributed by atoms with Crippen LogP contribution in [0.4, 0.5) is 20.5 Å². The lowest BCUT2D eigenvalue weighted by Gasteiger charge is -2.44. The molecule has 2 aromatic heterocycles. The maximum Gasteiger partial charge on any atom is 0.314 e. The predicted molar refractivity (Wildman–Crippen MR) is 104 cm³/mol. The van der Waals surface area contributed by atoms with Crippen LogP contribution < -0.4 is 9.21 Å². The van der Waals surface area contributed by atoms with Gasteiger partial charge >= 0.3 is 6.43 Å². The molecule has 4 rings (SSSR count). The SMILES string of the molecule is CCS(=O)(=O)N(c1cccc(Cl)c1)C1CN(c2ncc(-c3nnc(C(F)F)o3)o2)C1. The highest BCUT2D eigenvalue weighted by atomic mass is 35.5. The zero-order chi connectivity index (χ0) is 21.5. The molecule has 13 heteroatoms. The third-order valence-electron chi connectivity index (χ3n) is 4.52. The van der Waals surface area contributed by atoms with Gasteiger partial charge < -0.3 is 13.7 Å². The van der Waals surface area contributed by atoms with Gasteiger partial charge in [-0.25, -0.2) is 13.4 Å². The molecule has 0 amide bonds. The molecule has 0 spiro atoms. The fraction of sp³-hybridized carbons (Fsp3) is 0.353. The van der Waals surface area contributed by atoms with Crippen LogP contribution in [0.25, 0.3) is 11.7 Å². The van der Waals surface area contributed by atoms with Crippen LogP contribution in [0.3, 0.4) is 0 Å². The van der Waals surface area contributed by atoms with Crippen molar-refractivity contribution in [3.05, 3.63) is 41.4 Å². The Morgan fingerprint density at radius 3 is 2.70 bits per heavy atom. The van der Waals surface area contributed by atoms with Crippen molar-refractivity contribution in [3.8, 4) is 11.7 Å². The van der Waals surface area contributed by atoms with Crippen molar-refractivity contribution in [3.63, 3.8) is 0 Å². The predicted octanol–water partition coefficient (Wildman–Crippen LogP) is 3.36. The van der Waals surface area contributed by atoms with Crippen molar-refractivity contribution in [1.29, 1.82) is 0 Å². The van der Waals surface area contributed by atoms with Gasteiger partial charge in [0.25, 0.3) is 17.8 Å². The van der Waals surface area contributed by atoms with E-state index in [1.54, 1.807) is 36.1 Å². The molecule has 0 radical (unpaired) electrons. The summed E-state index contributed by atoms with van der Waals surface area (Å²) in [5.74, 6) is -1.05. The van der Waals surface area contributed by atoms with Crippen LogP contribution in [0.5, 0.6) is 0 Å². The number of alkyl halides is 2. The van der Waals surface area contributed by atoms with Crippen LogP contribution in [0.15, 0.2) is 39.3 Å². The first-order valence-corrected chi connectivity index (χ1v) is 10.9. The Balaban J connectivity index is 1.51. The Morgan fingerprint density at radius 1 is 1.30 bits per heavy atom. The second kappa shape index (κ2) is 7.84. The van der Waals surface area contributed by atoms with Gasteiger partial charge in [0, 0.05) is 18.1 Å². The number of halogens is 3. The quantitative estimate of drug-likeness (QED) is 0.529. The number of hydrogen-bond donors (Lipinski definition) is 0. The summed E-state index contributed by atoms with van der Waals surface area (Å²) in [6.07, 6.45) is -1.61. The van der Waals surface area contributed by atoms with Crippen LogP contribution in [0, 0.1) is 0 Å². The molecule has 0 atom stereocenters. The van der Waals surface area contributed by atoms with E-state index in [1.165, 1.54) is 10.5 Å². The van der Waals surface area contributed by atoms with E-state index in [1.807, 2.05) is 0 Å². The highest BCUT2D eigenvalue weighted by Gasteiger charge is 2.40. The molecule has 3 aromatic rings. The van der Waals surface area contributed by atoms with Crippen LogP contribution in [-0.4, -0.2) is 48.5 Å². The van der Waals surface area contributed by atoms with Gasteiger partial charge in [0.1, 0.15) is 0 Å². The van der Waals surface area contributed by atoms with E-state index in [9.17, 15) is 17.2 Å². The van der Waals surface area contributed by atoms with E-state index in [0.29, 0.717) is 23.8 Å². The van der Waals surface area contributed by atoms with Crippen LogP contribution in [0.1, 0.15) is 19.2 Å². The third-order valence-corrected chi connectivity index (χ3v) is 6.60. The molecule has 1 aliphatic rings. The number of rotatable bonds is 7. The van der Waals surface area contributed by atoms with E-state index >= 15 is 0 Å². The molecular formula is C17H16ClF2N5O4S. The second-order valence-corrected chi connectivity index (χ2v) is 9.06. The third kappa shape index (κ3) is 3.84. The Morgan fingerprint density at radius 2 is 2.07 bits per heavy atom. The van der Waals surface area contributed by atoms with Crippen molar-refractivity contribution in [2.75, 3.05) is 28.0 Å². The fourth-order valence-electron chi connectivity index (χ4n) is 3.04. The summed E-state index contributed by atoms with van der Waals surface area (Å²) in [6.45, 7) is 2.21. The molecule has 0 aliphatic carbocycles. The van der Waals surface area contributed by atoms with E-state index in [2.05, 4.69) is 15.2 Å². The summed E-state index contributed by atoms with van der Waals surface area (Å²) < 4.78 is 62.2. The van der Waals surface area contributed by atoms with Gasteiger partial charge in [-0.15, -0.1) is 10.2 Å². The highest BCUT2D eigenvalue weighted by molar-refractivity contribution is 7.92. The smallest absolute Gasteiger partial charge is 0.314 e. The largest absolute Gasteiger partial charge is 0.418 e. The first-order chi connectivity index (χ1) is 14.3. The number of sulfonamides is 1. The fourth-order valence-corrected chi connectivity index (χ4v) is 4.53. The van der Waals surface area contributed by atoms with Crippen LogP contribution >= 0.6 is 11.6 Å². The van der Waals surface area contributed by atoms with Gasteiger partial charge in [0.15, 0.2) is 0 Å². The van der Waals surface area contributed by atoms with Crippen molar-refractivity contribution >= 4 is 33.3 Å². The number of nitrogens with zero attached hydrogens (tertiary/aromatic N) is 5. The molecule has 30 heavy (non-hydrogen) atoms. The Labute approximate surface area is 175 Å². The molecule has 0 N–H and O–H groups in total. The lowest BCUT2D eigenvalue weighted by molar-refractivity contribution is 0.115. The van der Waals surface area contributed by atoms with Gasteiger partial charge in [-0.2, -0.15) is 8.78 Å². The van der Waals surface area contributed by atoms with Gasteiger partial charge in [-0.1, -0.05) is 17.7 Å². The average molecular weight is 460 g/mol. The molecule has 0 bridgehead atoms. The monoisotopic (exact) mass is 459 g/mol. The first kappa shape index (κ1) is 20.5. The second-order valence-electron chi connectivity index (χ2n) is 6.49. The number of anilines is 2. The molecule has 1 saturated heterocycles. The Kier molecular flexibility index (Phi) is 5.36. The lowest BCUT2D eigenvalue weighted by Crippen LogP contribution is -2.61. The van der Waals surface area contributed by atoms with Crippen LogP contribution in [-0.2, 0) is 10.0 Å². The average Bonchev–Trinajstić information content (AvgIpc) is 3.33. The van der Waals surface area contributed by atoms with Crippen molar-refractivity contribution in [1.82, 2.24) is 15.2 Å². The van der Waals surface area contributed by atoms with Gasteiger partial charge in [0.05, 0.1) is 23.7 Å². The zero-order valence-electron chi connectivity index (χ0n) is 15.6. The summed E-state index contributed by atoms with van der Waals surface area (Å²) in [5, 5.41) is 7.18. The lowest BCUT2D eigenvalue weighted by atomic mass is 10.1. The molecule has 3 heterocycles. The summed E-state index contributed by atoms with van der Waals surface area (Å²) in [5.41, 5.74) is 0.479. The molecular weight excluding hydrogens is 444 g/mol. The topological polar surface area (TPSA) is 106 Å². The molecule has 9 nitrogen and oxygen atoms in total. The summed E-state index contributed by atoms with van der Waals surface area (Å²) in [7, 11) is -3.55. The van der Waals surface area contributed by atoms with Crippen molar-refractivity contribution in [2.45, 2.75) is 19.4 Å². The first-order valence-electron chi connectivity index (χ1n) is 8.89. The molecule has 160 valence electrons. The minimum absolute atomic E-state index is 0.0423. The Bertz CT molecular complexity index is 1150. The standard InChI is InChI=1S/C17H16ClF2N5O4S/c1-2-30(26,27)25(11-5-3-4-10(18)6-11)12-8-24(9-12)17-21-7-13(28-17)15-22-23-16(29-15)14(19)20/h3-7,12,14H,2,8-9H2,1H3. The van der Waals surface area contributed by atoms with Gasteiger partial charge in [0.2, 0.25) is 15.8 Å². The van der Waals surface area contributed by atoms with E-state index < -0.39 is 22.3 Å². The molecule has 0 unspecified atom stereocenters. The number of oxazole rings is 1. The molecule has 1 fully saturated rings. The van der Waals surface area contributed by atoms with Crippen LogP contribution in [0.2, 0.25) is 5.02 Å². The maximum atomic E-state index is 12.7. The van der Waals surface area contributed by atoms with E-state index in [0.717, 1.165) is 0 Å². The number of hydrogen-bond acceptors (Lipinski definition) is 8. The Hall–Kier alpha value is -2.73. The van der Waals surface area contributed by atoms with Crippen molar-refractivity contribution in [2.24, 2.45) is 0 Å². The minimum Gasteiger partial charge on any atom is -0.418 e. The molecule has 1 aromatic carbocycles. The van der Waals surface area contributed by atoms with Crippen molar-refractivity contribution < 1.29 is 26.0 Å². The summed E-state index contributed by atoms with van der Waals surface area (Å²) >= 11 is 6.03. The summed E-state index contributed by atoms with van der Waals surface area (Å²) in [6, 6.07) is 6.47. The number of aromatic nitrogens is 3.